The molecular weight excluding hydrogens is 203 g/mol. The molecule has 62 valence electrons. The van der Waals surface area contributed by atoms with E-state index < -0.39 is 8.07 Å². The van der Waals surface area contributed by atoms with E-state index in [9.17, 15) is 0 Å². The summed E-state index contributed by atoms with van der Waals surface area (Å²) in [5, 5.41) is 0. The molecule has 1 rings (SSSR count). The van der Waals surface area contributed by atoms with Crippen LogP contribution in [0, 0.1) is 0 Å². The molecule has 1 saturated heterocycles. The van der Waals surface area contributed by atoms with E-state index in [1.165, 1.54) is 19.3 Å². The second-order valence-corrected chi connectivity index (χ2v) is 9.60. The van der Waals surface area contributed by atoms with Gasteiger partial charge in [0.1, 0.15) is 0 Å². The van der Waals surface area contributed by atoms with Crippen molar-refractivity contribution >= 4 is 25.1 Å². The van der Waals surface area contributed by atoms with E-state index in [1.54, 1.807) is 6.04 Å². The van der Waals surface area contributed by atoms with Crippen LogP contribution in [0.1, 0.15) is 26.2 Å². The van der Waals surface area contributed by atoms with Gasteiger partial charge in [0.05, 0.1) is 8.07 Å². The summed E-state index contributed by atoms with van der Waals surface area (Å²) < 4.78 is 0. The van der Waals surface area contributed by atoms with Gasteiger partial charge in [-0.25, -0.2) is 0 Å². The molecule has 0 radical (unpaired) electrons. The summed E-state index contributed by atoms with van der Waals surface area (Å²) in [4.78, 5) is 0. The first-order valence-electron chi connectivity index (χ1n) is 4.13. The Balaban J connectivity index is 0.000000810. The van der Waals surface area contributed by atoms with E-state index in [0.717, 1.165) is 5.54 Å². The predicted molar refractivity (Wildman–Crippen MR) is 54.1 cm³/mol. The van der Waals surface area contributed by atoms with Gasteiger partial charge in [-0.2, -0.15) is 0 Å². The molecule has 1 atom stereocenters. The normalized spacial score (nSPS) is 30.9. The third kappa shape index (κ3) is 2.41. The van der Waals surface area contributed by atoms with Crippen LogP contribution in [0.15, 0.2) is 0 Å². The molecule has 10 heavy (non-hydrogen) atoms. The van der Waals surface area contributed by atoms with Crippen LogP contribution in [0.3, 0.4) is 0 Å². The SMILES string of the molecule is CC1CCCC[Si]1(C)C.[SeH2]. The molecule has 0 aromatic carbocycles. The van der Waals surface area contributed by atoms with Gasteiger partial charge in [0.25, 0.3) is 0 Å². The third-order valence-electron chi connectivity index (χ3n) is 3.04. The fraction of sp³-hybridized carbons (Fsp3) is 1.00. The molecule has 1 aliphatic heterocycles. The number of hydrogen-bond acceptors (Lipinski definition) is 0. The Morgan fingerprint density at radius 1 is 1.20 bits per heavy atom. The molecule has 0 bridgehead atoms. The zero-order valence-electron chi connectivity index (χ0n) is 7.41. The fourth-order valence-corrected chi connectivity index (χ4v) is 4.31. The van der Waals surface area contributed by atoms with Crippen molar-refractivity contribution in [2.45, 2.75) is 50.9 Å². The molecule has 0 N–H and O–H groups in total. The van der Waals surface area contributed by atoms with Crippen LogP contribution in [0.4, 0.5) is 0 Å². The van der Waals surface area contributed by atoms with E-state index in [0.29, 0.717) is 0 Å². The first kappa shape index (κ1) is 10.7. The first-order valence-corrected chi connectivity index (χ1v) is 7.41. The summed E-state index contributed by atoms with van der Waals surface area (Å²) in [6, 6.07) is 1.58. The minimum absolute atomic E-state index is 0. The van der Waals surface area contributed by atoms with Crippen LogP contribution in [0.25, 0.3) is 0 Å². The van der Waals surface area contributed by atoms with Gasteiger partial charge in [-0.3, -0.25) is 0 Å². The summed E-state index contributed by atoms with van der Waals surface area (Å²) in [6.45, 7) is 7.53. The Labute approximate surface area is 76.3 Å². The molecular formula is C8H20SeSi. The van der Waals surface area contributed by atoms with Crippen molar-refractivity contribution in [1.29, 1.82) is 0 Å². The van der Waals surface area contributed by atoms with Crippen molar-refractivity contribution in [3.8, 4) is 0 Å². The maximum atomic E-state index is 2.54. The molecule has 1 aliphatic rings. The Morgan fingerprint density at radius 2 is 1.80 bits per heavy atom. The molecule has 0 amide bonds. The average molecular weight is 223 g/mol. The molecule has 0 spiro atoms. The van der Waals surface area contributed by atoms with Gasteiger partial charge in [0, 0.05) is 0 Å². The van der Waals surface area contributed by atoms with Crippen LogP contribution in [0.5, 0.6) is 0 Å². The van der Waals surface area contributed by atoms with Gasteiger partial charge >= 0.3 is 17.1 Å². The van der Waals surface area contributed by atoms with Crippen LogP contribution < -0.4 is 0 Å². The van der Waals surface area contributed by atoms with E-state index in [4.69, 9.17) is 0 Å². The van der Waals surface area contributed by atoms with Crippen molar-refractivity contribution in [3.63, 3.8) is 0 Å². The Bertz CT molecular complexity index is 101. The molecule has 1 fully saturated rings. The van der Waals surface area contributed by atoms with Crippen molar-refractivity contribution in [2.24, 2.45) is 0 Å². The maximum absolute atomic E-state index is 2.54. The second-order valence-electron chi connectivity index (χ2n) is 4.14. The summed E-state index contributed by atoms with van der Waals surface area (Å²) >= 11 is 0. The standard InChI is InChI=1S/C8H18Si.H2Se/c1-8-6-4-5-7-9(8,2)3;/h8H,4-7H2,1-3H3;1H2. The molecule has 0 aromatic rings. The van der Waals surface area contributed by atoms with E-state index in [1.807, 2.05) is 0 Å². The van der Waals surface area contributed by atoms with Crippen LogP contribution in [0.2, 0.25) is 24.7 Å². The fourth-order valence-electron chi connectivity index (χ4n) is 1.67. The van der Waals surface area contributed by atoms with Crippen molar-refractivity contribution in [1.82, 2.24) is 0 Å². The van der Waals surface area contributed by atoms with Crippen molar-refractivity contribution in [2.75, 3.05) is 0 Å². The minimum atomic E-state index is -0.694. The number of hydrogen-bond donors (Lipinski definition) is 0. The van der Waals surface area contributed by atoms with Gasteiger partial charge in [-0.1, -0.05) is 45.3 Å². The summed E-state index contributed by atoms with van der Waals surface area (Å²) in [5.41, 5.74) is 1.09. The monoisotopic (exact) mass is 224 g/mol. The van der Waals surface area contributed by atoms with Crippen molar-refractivity contribution < 1.29 is 0 Å². The van der Waals surface area contributed by atoms with E-state index in [2.05, 4.69) is 20.0 Å². The average Bonchev–Trinajstić information content (AvgIpc) is 1.77. The summed E-state index contributed by atoms with van der Waals surface area (Å²) in [7, 11) is -0.694. The zero-order chi connectivity index (χ0) is 6.91. The molecule has 0 saturated carbocycles. The predicted octanol–water partition coefficient (Wildman–Crippen LogP) is 2.35. The Hall–Kier alpha value is 0.736. The molecule has 2 heteroatoms. The first-order chi connectivity index (χ1) is 4.13. The molecule has 1 unspecified atom stereocenters. The Morgan fingerprint density at radius 3 is 2.10 bits per heavy atom. The summed E-state index contributed by atoms with van der Waals surface area (Å²) in [5.74, 6) is 0. The quantitative estimate of drug-likeness (QED) is 0.553. The van der Waals surface area contributed by atoms with Gasteiger partial charge in [0.2, 0.25) is 0 Å². The second kappa shape index (κ2) is 3.94. The molecule has 0 aromatic heterocycles. The molecule has 0 aliphatic carbocycles. The van der Waals surface area contributed by atoms with Crippen molar-refractivity contribution in [3.05, 3.63) is 0 Å². The number of rotatable bonds is 0. The van der Waals surface area contributed by atoms with Crippen LogP contribution in [-0.2, 0) is 0 Å². The Kier molecular flexibility index (Phi) is 4.23. The molecule has 1 heterocycles. The third-order valence-corrected chi connectivity index (χ3v) is 7.64. The topological polar surface area (TPSA) is 0 Å². The molecule has 0 nitrogen and oxygen atoms in total. The van der Waals surface area contributed by atoms with Gasteiger partial charge < -0.3 is 0 Å². The van der Waals surface area contributed by atoms with Gasteiger partial charge in [-0.05, 0) is 5.54 Å². The van der Waals surface area contributed by atoms with Gasteiger partial charge in [0.15, 0.2) is 0 Å². The van der Waals surface area contributed by atoms with E-state index >= 15 is 0 Å². The van der Waals surface area contributed by atoms with Crippen LogP contribution >= 0.6 is 0 Å². The van der Waals surface area contributed by atoms with Gasteiger partial charge in [-0.15, -0.1) is 0 Å². The summed E-state index contributed by atoms with van der Waals surface area (Å²) in [6.07, 6.45) is 4.53. The zero-order valence-corrected chi connectivity index (χ0v) is 10.5. The van der Waals surface area contributed by atoms with Crippen LogP contribution in [-0.4, -0.2) is 25.1 Å². The van der Waals surface area contributed by atoms with E-state index in [-0.39, 0.29) is 17.1 Å².